The monoisotopic (exact) mass is 399 g/mol. The van der Waals surface area contributed by atoms with E-state index in [0.717, 1.165) is 11.6 Å². The number of nitrogens with one attached hydrogen (secondary N) is 1. The molecule has 1 heterocycles. The van der Waals surface area contributed by atoms with E-state index in [0.29, 0.717) is 22.5 Å². The van der Waals surface area contributed by atoms with Crippen LogP contribution >= 0.6 is 0 Å². The van der Waals surface area contributed by atoms with E-state index in [1.807, 2.05) is 12.1 Å². The second kappa shape index (κ2) is 8.26. The Morgan fingerprint density at radius 1 is 1.14 bits per heavy atom. The van der Waals surface area contributed by atoms with Gasteiger partial charge < -0.3 is 10.1 Å². The van der Waals surface area contributed by atoms with Crippen molar-refractivity contribution < 1.29 is 17.9 Å². The van der Waals surface area contributed by atoms with Crippen molar-refractivity contribution in [2.45, 2.75) is 0 Å². The number of nitrogens with zero attached hydrogens (tertiary/aromatic N) is 2. The van der Waals surface area contributed by atoms with Crippen molar-refractivity contribution in [3.8, 4) is 5.75 Å². The van der Waals surface area contributed by atoms with Crippen LogP contribution in [-0.2, 0) is 10.0 Å². The third-order valence-corrected chi connectivity index (χ3v) is 5.39. The van der Waals surface area contributed by atoms with E-state index < -0.39 is 10.0 Å². The molecule has 0 aliphatic heterocycles. The third kappa shape index (κ3) is 4.40. The second-order valence-electron chi connectivity index (χ2n) is 6.18. The van der Waals surface area contributed by atoms with Crippen molar-refractivity contribution in [3.63, 3.8) is 0 Å². The number of amides is 1. The SMILES string of the molecule is COc1cccc(C(=O)NCCN(c2cccc3cccnc23)S(C)(=O)=O)c1. The zero-order valence-corrected chi connectivity index (χ0v) is 16.4. The highest BCUT2D eigenvalue weighted by Crippen LogP contribution is 2.26. The maximum atomic E-state index is 12.4. The van der Waals surface area contributed by atoms with Crippen LogP contribution in [0.3, 0.4) is 0 Å². The lowest BCUT2D eigenvalue weighted by atomic mass is 10.2. The minimum absolute atomic E-state index is 0.0875. The molecule has 2 aromatic carbocycles. The first-order valence-electron chi connectivity index (χ1n) is 8.64. The van der Waals surface area contributed by atoms with Crippen LogP contribution in [0.25, 0.3) is 10.9 Å². The lowest BCUT2D eigenvalue weighted by Crippen LogP contribution is -2.38. The number of methoxy groups -OCH3 is 1. The van der Waals surface area contributed by atoms with Crippen molar-refractivity contribution in [1.29, 1.82) is 0 Å². The van der Waals surface area contributed by atoms with Gasteiger partial charge in [0.25, 0.3) is 5.91 Å². The summed E-state index contributed by atoms with van der Waals surface area (Å²) in [5, 5.41) is 3.59. The zero-order valence-electron chi connectivity index (χ0n) is 15.6. The lowest BCUT2D eigenvalue weighted by molar-refractivity contribution is 0.0954. The van der Waals surface area contributed by atoms with Gasteiger partial charge in [0.15, 0.2) is 0 Å². The molecule has 0 spiro atoms. The summed E-state index contributed by atoms with van der Waals surface area (Å²) in [6.07, 6.45) is 2.76. The number of aromatic nitrogens is 1. The van der Waals surface area contributed by atoms with Gasteiger partial charge in [-0.3, -0.25) is 14.1 Å². The molecule has 0 aliphatic rings. The molecule has 0 fully saturated rings. The number of carbonyl (C=O) groups excluding carboxylic acids is 1. The number of hydrogen-bond acceptors (Lipinski definition) is 5. The molecule has 0 aliphatic carbocycles. The topological polar surface area (TPSA) is 88.6 Å². The van der Waals surface area contributed by atoms with Crippen molar-refractivity contribution in [1.82, 2.24) is 10.3 Å². The Bertz CT molecular complexity index is 1090. The van der Waals surface area contributed by atoms with E-state index in [1.54, 1.807) is 48.7 Å². The van der Waals surface area contributed by atoms with Gasteiger partial charge in [-0.2, -0.15) is 0 Å². The Hall–Kier alpha value is -3.13. The number of fused-ring (bicyclic) bond motifs is 1. The average Bonchev–Trinajstić information content (AvgIpc) is 2.70. The maximum Gasteiger partial charge on any atom is 0.251 e. The summed E-state index contributed by atoms with van der Waals surface area (Å²) < 4.78 is 31.1. The van der Waals surface area contributed by atoms with Gasteiger partial charge in [-0.25, -0.2) is 8.42 Å². The van der Waals surface area contributed by atoms with Gasteiger partial charge in [-0.1, -0.05) is 24.3 Å². The Kier molecular flexibility index (Phi) is 5.79. The standard InChI is InChI=1S/C20H21N3O4S/c1-27-17-9-3-7-16(14-17)20(24)22-12-13-23(28(2,25)26)18-10-4-6-15-8-5-11-21-19(15)18/h3-11,14H,12-13H2,1-2H3,(H,22,24). The number of anilines is 1. The Balaban J connectivity index is 1.78. The number of para-hydroxylation sites is 1. The zero-order chi connectivity index (χ0) is 20.1. The number of ether oxygens (including phenoxy) is 1. The van der Waals surface area contributed by atoms with Crippen LogP contribution in [0.1, 0.15) is 10.4 Å². The number of pyridine rings is 1. The molecule has 3 rings (SSSR count). The molecule has 1 N–H and O–H groups in total. The summed E-state index contributed by atoms with van der Waals surface area (Å²) in [6.45, 7) is 0.233. The largest absolute Gasteiger partial charge is 0.497 e. The van der Waals surface area contributed by atoms with Gasteiger partial charge in [-0.05, 0) is 30.3 Å². The van der Waals surface area contributed by atoms with Crippen LogP contribution in [0, 0.1) is 0 Å². The van der Waals surface area contributed by atoms with Crippen molar-refractivity contribution in [2.24, 2.45) is 0 Å². The summed E-state index contributed by atoms with van der Waals surface area (Å²) in [6, 6.07) is 15.8. The quantitative estimate of drug-likeness (QED) is 0.659. The molecule has 1 aromatic heterocycles. The molecule has 0 bridgehead atoms. The second-order valence-corrected chi connectivity index (χ2v) is 8.08. The molecule has 7 nitrogen and oxygen atoms in total. The fraction of sp³-hybridized carbons (Fsp3) is 0.200. The van der Waals surface area contributed by atoms with Gasteiger partial charge in [0, 0.05) is 23.7 Å². The summed E-state index contributed by atoms with van der Waals surface area (Å²) >= 11 is 0. The van der Waals surface area contributed by atoms with Gasteiger partial charge in [0.05, 0.1) is 31.1 Å². The van der Waals surface area contributed by atoms with Crippen LogP contribution in [0.4, 0.5) is 5.69 Å². The van der Waals surface area contributed by atoms with E-state index in [2.05, 4.69) is 10.3 Å². The number of rotatable bonds is 7. The number of carbonyl (C=O) groups is 1. The molecule has 0 unspecified atom stereocenters. The number of benzene rings is 2. The molecule has 0 saturated heterocycles. The molecule has 8 heteroatoms. The summed E-state index contributed by atoms with van der Waals surface area (Å²) in [4.78, 5) is 16.7. The first-order chi connectivity index (χ1) is 13.4. The molecule has 146 valence electrons. The highest BCUT2D eigenvalue weighted by molar-refractivity contribution is 7.92. The van der Waals surface area contributed by atoms with Crippen LogP contribution in [0.15, 0.2) is 60.8 Å². The summed E-state index contributed by atoms with van der Waals surface area (Å²) in [7, 11) is -2.03. The van der Waals surface area contributed by atoms with Crippen molar-refractivity contribution >= 4 is 32.5 Å². The van der Waals surface area contributed by atoms with E-state index in [4.69, 9.17) is 4.74 Å². The smallest absolute Gasteiger partial charge is 0.251 e. The lowest BCUT2D eigenvalue weighted by Gasteiger charge is -2.23. The van der Waals surface area contributed by atoms with Gasteiger partial charge in [0.1, 0.15) is 5.75 Å². The fourth-order valence-electron chi connectivity index (χ4n) is 2.89. The van der Waals surface area contributed by atoms with Gasteiger partial charge in [-0.15, -0.1) is 0 Å². The molecular formula is C20H21N3O4S. The Labute approximate surface area is 164 Å². The highest BCUT2D eigenvalue weighted by atomic mass is 32.2. The molecular weight excluding hydrogens is 378 g/mol. The molecule has 0 radical (unpaired) electrons. The van der Waals surface area contributed by atoms with E-state index >= 15 is 0 Å². The normalized spacial score (nSPS) is 11.2. The predicted molar refractivity (Wildman–Crippen MR) is 109 cm³/mol. The molecule has 0 atom stereocenters. The minimum Gasteiger partial charge on any atom is -0.497 e. The molecule has 3 aromatic rings. The molecule has 28 heavy (non-hydrogen) atoms. The van der Waals surface area contributed by atoms with Crippen molar-refractivity contribution in [3.05, 3.63) is 66.4 Å². The van der Waals surface area contributed by atoms with E-state index in [-0.39, 0.29) is 19.0 Å². The van der Waals surface area contributed by atoms with Crippen LogP contribution < -0.4 is 14.4 Å². The van der Waals surface area contributed by atoms with Gasteiger partial charge >= 0.3 is 0 Å². The first kappa shape index (κ1) is 19.6. The average molecular weight is 399 g/mol. The van der Waals surface area contributed by atoms with Crippen LogP contribution in [0.5, 0.6) is 5.75 Å². The maximum absolute atomic E-state index is 12.4. The molecule has 0 saturated carbocycles. The minimum atomic E-state index is -3.56. The van der Waals surface area contributed by atoms with Crippen molar-refractivity contribution in [2.75, 3.05) is 30.8 Å². The van der Waals surface area contributed by atoms with Crippen LogP contribution in [0.2, 0.25) is 0 Å². The van der Waals surface area contributed by atoms with Gasteiger partial charge in [0.2, 0.25) is 10.0 Å². The number of hydrogen-bond donors (Lipinski definition) is 1. The number of sulfonamides is 1. The molecule has 1 amide bonds. The highest BCUT2D eigenvalue weighted by Gasteiger charge is 2.20. The van der Waals surface area contributed by atoms with E-state index in [9.17, 15) is 13.2 Å². The van der Waals surface area contributed by atoms with E-state index in [1.165, 1.54) is 11.4 Å². The first-order valence-corrected chi connectivity index (χ1v) is 10.5. The summed E-state index contributed by atoms with van der Waals surface area (Å²) in [5.41, 5.74) is 1.52. The van der Waals surface area contributed by atoms with Crippen LogP contribution in [-0.4, -0.2) is 45.8 Å². The predicted octanol–water partition coefficient (Wildman–Crippen LogP) is 2.44. The summed E-state index contributed by atoms with van der Waals surface area (Å²) in [5.74, 6) is 0.274. The fourth-order valence-corrected chi connectivity index (χ4v) is 3.82. The Morgan fingerprint density at radius 3 is 2.64 bits per heavy atom. The third-order valence-electron chi connectivity index (χ3n) is 4.21. The Morgan fingerprint density at radius 2 is 1.89 bits per heavy atom.